The first-order valence-corrected chi connectivity index (χ1v) is 10.0. The molecule has 1 fully saturated rings. The van der Waals surface area contributed by atoms with E-state index in [0.717, 1.165) is 32.6 Å². The van der Waals surface area contributed by atoms with Gasteiger partial charge >= 0.3 is 0 Å². The summed E-state index contributed by atoms with van der Waals surface area (Å²) in [6.07, 6.45) is 1.10. The van der Waals surface area contributed by atoms with Crippen LogP contribution in [0.3, 0.4) is 0 Å². The second-order valence-electron chi connectivity index (χ2n) is 7.27. The zero-order valence-electron chi connectivity index (χ0n) is 16.1. The average molecular weight is 357 g/mol. The van der Waals surface area contributed by atoms with Crippen molar-refractivity contribution < 1.29 is 0 Å². The molecule has 138 valence electrons. The van der Waals surface area contributed by atoms with Gasteiger partial charge in [0, 0.05) is 31.9 Å². The van der Waals surface area contributed by atoms with Gasteiger partial charge in [0.1, 0.15) is 0 Å². The van der Waals surface area contributed by atoms with Gasteiger partial charge in [0.2, 0.25) is 0 Å². The van der Waals surface area contributed by atoms with E-state index in [1.165, 1.54) is 22.4 Å². The molecule has 2 heteroatoms. The maximum atomic E-state index is 2.63. The van der Waals surface area contributed by atoms with Crippen LogP contribution in [0.2, 0.25) is 0 Å². The van der Waals surface area contributed by atoms with E-state index in [1.54, 1.807) is 0 Å². The number of nitrogens with zero attached hydrogens (tertiary/aromatic N) is 2. The molecule has 27 heavy (non-hydrogen) atoms. The molecule has 0 unspecified atom stereocenters. The van der Waals surface area contributed by atoms with E-state index in [9.17, 15) is 0 Å². The highest BCUT2D eigenvalue weighted by Gasteiger charge is 2.26. The maximum Gasteiger partial charge on any atom is 0.0603 e. The minimum absolute atomic E-state index is 0.331. The Morgan fingerprint density at radius 3 is 1.67 bits per heavy atom. The van der Waals surface area contributed by atoms with Crippen molar-refractivity contribution in [2.24, 2.45) is 0 Å². The van der Waals surface area contributed by atoms with Crippen LogP contribution in [-0.4, -0.2) is 31.1 Å². The lowest BCUT2D eigenvalue weighted by Gasteiger charge is -2.40. The number of hydrogen-bond acceptors (Lipinski definition) is 2. The highest BCUT2D eigenvalue weighted by Crippen LogP contribution is 2.30. The van der Waals surface area contributed by atoms with Crippen LogP contribution in [0.5, 0.6) is 0 Å². The van der Waals surface area contributed by atoms with Gasteiger partial charge in [-0.05, 0) is 35.2 Å². The van der Waals surface area contributed by atoms with Crippen molar-refractivity contribution in [3.05, 3.63) is 102 Å². The fourth-order valence-electron chi connectivity index (χ4n) is 4.07. The molecule has 3 aromatic carbocycles. The highest BCUT2D eigenvalue weighted by atomic mass is 15.3. The summed E-state index contributed by atoms with van der Waals surface area (Å²) in [4.78, 5) is 5.14. The van der Waals surface area contributed by atoms with Crippen molar-refractivity contribution in [3.63, 3.8) is 0 Å². The number of aryl methyl sites for hydroxylation is 1. The van der Waals surface area contributed by atoms with E-state index in [0.29, 0.717) is 6.04 Å². The van der Waals surface area contributed by atoms with Crippen LogP contribution in [0, 0.1) is 0 Å². The molecular weight excluding hydrogens is 328 g/mol. The van der Waals surface area contributed by atoms with Gasteiger partial charge < -0.3 is 4.90 Å². The summed E-state index contributed by atoms with van der Waals surface area (Å²) < 4.78 is 0. The molecule has 1 saturated heterocycles. The Morgan fingerprint density at radius 2 is 1.19 bits per heavy atom. The second-order valence-corrected chi connectivity index (χ2v) is 7.27. The first kappa shape index (κ1) is 17.8. The van der Waals surface area contributed by atoms with Crippen LogP contribution in [0.15, 0.2) is 84.9 Å². The molecule has 0 spiro atoms. The fourth-order valence-corrected chi connectivity index (χ4v) is 4.07. The number of benzene rings is 3. The molecule has 0 aliphatic carbocycles. The van der Waals surface area contributed by atoms with E-state index in [2.05, 4.69) is 102 Å². The van der Waals surface area contributed by atoms with E-state index in [1.807, 2.05) is 0 Å². The Morgan fingerprint density at radius 1 is 0.667 bits per heavy atom. The minimum atomic E-state index is 0.331. The van der Waals surface area contributed by atoms with Gasteiger partial charge in [-0.3, -0.25) is 4.90 Å². The predicted molar refractivity (Wildman–Crippen MR) is 114 cm³/mol. The molecule has 2 nitrogen and oxygen atoms in total. The quantitative estimate of drug-likeness (QED) is 0.623. The Hall–Kier alpha value is -2.58. The third-order valence-electron chi connectivity index (χ3n) is 5.62. The van der Waals surface area contributed by atoms with E-state index < -0.39 is 0 Å². The smallest absolute Gasteiger partial charge is 0.0603 e. The summed E-state index contributed by atoms with van der Waals surface area (Å²) >= 11 is 0. The largest absolute Gasteiger partial charge is 0.369 e. The van der Waals surface area contributed by atoms with Crippen LogP contribution in [0.25, 0.3) is 0 Å². The van der Waals surface area contributed by atoms with Crippen LogP contribution in [-0.2, 0) is 6.42 Å². The topological polar surface area (TPSA) is 6.48 Å². The van der Waals surface area contributed by atoms with E-state index >= 15 is 0 Å². The summed E-state index contributed by atoms with van der Waals surface area (Å²) in [7, 11) is 0. The molecule has 0 atom stereocenters. The van der Waals surface area contributed by atoms with Crippen LogP contribution >= 0.6 is 0 Å². The molecule has 3 aromatic rings. The third kappa shape index (κ3) is 4.06. The summed E-state index contributed by atoms with van der Waals surface area (Å²) in [6.45, 7) is 6.50. The zero-order chi connectivity index (χ0) is 18.5. The second kappa shape index (κ2) is 8.41. The summed E-state index contributed by atoms with van der Waals surface area (Å²) in [6, 6.07) is 31.2. The van der Waals surface area contributed by atoms with Gasteiger partial charge in [-0.1, -0.05) is 79.7 Å². The Kier molecular flexibility index (Phi) is 5.55. The van der Waals surface area contributed by atoms with Gasteiger partial charge in [0.05, 0.1) is 6.04 Å². The highest BCUT2D eigenvalue weighted by molar-refractivity contribution is 5.48. The summed E-state index contributed by atoms with van der Waals surface area (Å²) in [5.41, 5.74) is 5.52. The van der Waals surface area contributed by atoms with Gasteiger partial charge in [-0.25, -0.2) is 0 Å². The van der Waals surface area contributed by atoms with Gasteiger partial charge in [0.25, 0.3) is 0 Å². The molecule has 0 aromatic heterocycles. The molecule has 1 heterocycles. The van der Waals surface area contributed by atoms with Crippen molar-refractivity contribution in [2.75, 3.05) is 31.1 Å². The maximum absolute atomic E-state index is 2.63. The van der Waals surface area contributed by atoms with Crippen molar-refractivity contribution in [3.8, 4) is 0 Å². The third-order valence-corrected chi connectivity index (χ3v) is 5.62. The van der Waals surface area contributed by atoms with E-state index in [-0.39, 0.29) is 0 Å². The van der Waals surface area contributed by atoms with Crippen molar-refractivity contribution >= 4 is 5.69 Å². The molecule has 0 radical (unpaired) electrons. The molecule has 0 bridgehead atoms. The lowest BCUT2D eigenvalue weighted by molar-refractivity contribution is 0.212. The molecule has 1 aliphatic heterocycles. The molecule has 1 aliphatic rings. The SMILES string of the molecule is CCc1ccc(N2CCN(C(c3ccccc3)c3ccccc3)CC2)cc1. The lowest BCUT2D eigenvalue weighted by Crippen LogP contribution is -2.48. The zero-order valence-corrected chi connectivity index (χ0v) is 16.1. The number of hydrogen-bond donors (Lipinski definition) is 0. The van der Waals surface area contributed by atoms with Crippen LogP contribution in [0.1, 0.15) is 29.7 Å². The average Bonchev–Trinajstić information content (AvgIpc) is 2.76. The van der Waals surface area contributed by atoms with Gasteiger partial charge in [0.15, 0.2) is 0 Å². The molecule has 0 N–H and O–H groups in total. The lowest BCUT2D eigenvalue weighted by atomic mass is 9.96. The van der Waals surface area contributed by atoms with Gasteiger partial charge in [-0.15, -0.1) is 0 Å². The molecule has 4 rings (SSSR count). The van der Waals surface area contributed by atoms with Crippen LogP contribution in [0.4, 0.5) is 5.69 Å². The minimum Gasteiger partial charge on any atom is -0.369 e. The Labute approximate surface area is 163 Å². The van der Waals surface area contributed by atoms with Gasteiger partial charge in [-0.2, -0.15) is 0 Å². The predicted octanol–water partition coefficient (Wildman–Crippen LogP) is 5.16. The van der Waals surface area contributed by atoms with Crippen molar-refractivity contribution in [2.45, 2.75) is 19.4 Å². The fraction of sp³-hybridized carbons (Fsp3) is 0.280. The van der Waals surface area contributed by atoms with Crippen molar-refractivity contribution in [1.29, 1.82) is 0 Å². The van der Waals surface area contributed by atoms with Crippen LogP contribution < -0.4 is 4.90 Å². The number of rotatable bonds is 5. The number of anilines is 1. The monoisotopic (exact) mass is 356 g/mol. The summed E-state index contributed by atoms with van der Waals surface area (Å²) in [5.74, 6) is 0. The molecule has 0 amide bonds. The Bertz CT molecular complexity index is 780. The first-order valence-electron chi connectivity index (χ1n) is 10.0. The standard InChI is InChI=1S/C25H28N2/c1-2-21-13-15-24(16-14-21)26-17-19-27(20-18-26)25(22-9-5-3-6-10-22)23-11-7-4-8-12-23/h3-16,25H,2,17-20H2,1H3. The Balaban J connectivity index is 1.51. The van der Waals surface area contributed by atoms with E-state index in [4.69, 9.17) is 0 Å². The van der Waals surface area contributed by atoms with Crippen molar-refractivity contribution in [1.82, 2.24) is 4.90 Å². The molecular formula is C25H28N2. The first-order chi connectivity index (χ1) is 13.3. The number of piperazine rings is 1. The summed E-state index contributed by atoms with van der Waals surface area (Å²) in [5, 5.41) is 0. The normalized spacial score (nSPS) is 15.3. The molecule has 0 saturated carbocycles.